The van der Waals surface area contributed by atoms with E-state index in [-0.39, 0.29) is 18.1 Å². The van der Waals surface area contributed by atoms with Crippen molar-refractivity contribution in [3.63, 3.8) is 0 Å². The Balaban J connectivity index is 2.21. The molecule has 0 aromatic heterocycles. The number of benzene rings is 1. The van der Waals surface area contributed by atoms with Crippen molar-refractivity contribution in [2.45, 2.75) is 45.5 Å². The predicted molar refractivity (Wildman–Crippen MR) is 70.7 cm³/mol. The van der Waals surface area contributed by atoms with Crippen molar-refractivity contribution in [1.82, 2.24) is 0 Å². The van der Waals surface area contributed by atoms with E-state index in [9.17, 15) is 5.11 Å². The van der Waals surface area contributed by atoms with Gasteiger partial charge in [0.15, 0.2) is 0 Å². The highest BCUT2D eigenvalue weighted by Gasteiger charge is 2.33. The van der Waals surface area contributed by atoms with Crippen LogP contribution in [0.5, 0.6) is 5.75 Å². The number of ether oxygens (including phenoxy) is 2. The summed E-state index contributed by atoms with van der Waals surface area (Å²) in [6, 6.07) is 7.72. The Hall–Kier alpha value is -1.06. The average Bonchev–Trinajstić information content (AvgIpc) is 2.74. The highest BCUT2D eigenvalue weighted by molar-refractivity contribution is 5.35. The van der Waals surface area contributed by atoms with E-state index in [4.69, 9.17) is 9.47 Å². The molecule has 3 unspecified atom stereocenters. The molecule has 0 bridgehead atoms. The summed E-state index contributed by atoms with van der Waals surface area (Å²) in [5.41, 5.74) is 0.869. The first-order valence-electron chi connectivity index (χ1n) is 6.65. The summed E-state index contributed by atoms with van der Waals surface area (Å²) in [5.74, 6) is 0.931. The first-order valence-corrected chi connectivity index (χ1v) is 6.65. The monoisotopic (exact) mass is 250 g/mol. The number of hydrogen-bond donors (Lipinski definition) is 1. The van der Waals surface area contributed by atoms with Crippen molar-refractivity contribution in [3.8, 4) is 5.75 Å². The number of hydrogen-bond acceptors (Lipinski definition) is 3. The van der Waals surface area contributed by atoms with Crippen molar-refractivity contribution in [1.29, 1.82) is 0 Å². The van der Waals surface area contributed by atoms with Crippen LogP contribution in [0.2, 0.25) is 0 Å². The van der Waals surface area contributed by atoms with E-state index >= 15 is 0 Å². The summed E-state index contributed by atoms with van der Waals surface area (Å²) in [7, 11) is 0. The molecule has 1 aromatic rings. The van der Waals surface area contributed by atoms with Gasteiger partial charge in [-0.05, 0) is 33.3 Å². The van der Waals surface area contributed by atoms with Gasteiger partial charge < -0.3 is 14.6 Å². The van der Waals surface area contributed by atoms with Crippen molar-refractivity contribution in [2.75, 3.05) is 6.61 Å². The summed E-state index contributed by atoms with van der Waals surface area (Å²) in [6.45, 7) is 6.73. The highest BCUT2D eigenvalue weighted by Crippen LogP contribution is 2.37. The van der Waals surface area contributed by atoms with Crippen molar-refractivity contribution >= 4 is 0 Å². The van der Waals surface area contributed by atoms with Crippen LogP contribution in [0.4, 0.5) is 0 Å². The van der Waals surface area contributed by atoms with Crippen molar-refractivity contribution < 1.29 is 14.6 Å². The van der Waals surface area contributed by atoms with Gasteiger partial charge in [-0.1, -0.05) is 18.2 Å². The molecule has 3 nitrogen and oxygen atoms in total. The Morgan fingerprint density at radius 3 is 2.67 bits per heavy atom. The van der Waals surface area contributed by atoms with E-state index in [1.54, 1.807) is 0 Å². The smallest absolute Gasteiger partial charge is 0.125 e. The van der Waals surface area contributed by atoms with E-state index in [0.29, 0.717) is 0 Å². The fourth-order valence-corrected chi connectivity index (χ4v) is 2.48. The average molecular weight is 250 g/mol. The van der Waals surface area contributed by atoms with Crippen LogP contribution >= 0.6 is 0 Å². The molecule has 0 aliphatic carbocycles. The highest BCUT2D eigenvalue weighted by atomic mass is 16.5. The molecule has 1 N–H and O–H groups in total. The van der Waals surface area contributed by atoms with Gasteiger partial charge in [0, 0.05) is 18.1 Å². The van der Waals surface area contributed by atoms with Crippen LogP contribution in [0.15, 0.2) is 24.3 Å². The van der Waals surface area contributed by atoms with Gasteiger partial charge in [0.1, 0.15) is 5.75 Å². The van der Waals surface area contributed by atoms with E-state index in [2.05, 4.69) is 0 Å². The molecule has 0 radical (unpaired) electrons. The lowest BCUT2D eigenvalue weighted by Gasteiger charge is -2.24. The molecular formula is C15H22O3. The number of aliphatic hydroxyl groups is 1. The fourth-order valence-electron chi connectivity index (χ4n) is 2.48. The zero-order chi connectivity index (χ0) is 13.1. The lowest BCUT2D eigenvalue weighted by Crippen LogP contribution is -2.21. The Labute approximate surface area is 109 Å². The third-order valence-electron chi connectivity index (χ3n) is 3.44. The Morgan fingerprint density at radius 1 is 1.33 bits per heavy atom. The minimum absolute atomic E-state index is 0.104. The molecule has 1 fully saturated rings. The molecule has 1 heterocycles. The second-order valence-electron chi connectivity index (χ2n) is 5.18. The van der Waals surface area contributed by atoms with Crippen LogP contribution in [0.1, 0.15) is 38.9 Å². The van der Waals surface area contributed by atoms with Gasteiger partial charge in [-0.2, -0.15) is 0 Å². The van der Waals surface area contributed by atoms with Crippen LogP contribution in [-0.2, 0) is 4.74 Å². The first kappa shape index (κ1) is 13.4. The molecule has 1 aromatic carbocycles. The minimum Gasteiger partial charge on any atom is -0.491 e. The summed E-state index contributed by atoms with van der Waals surface area (Å²) in [5, 5.41) is 10.5. The molecule has 3 atom stereocenters. The summed E-state index contributed by atoms with van der Waals surface area (Å²) in [4.78, 5) is 0. The van der Waals surface area contributed by atoms with E-state index in [1.165, 1.54) is 0 Å². The fraction of sp³-hybridized carbons (Fsp3) is 0.600. The quantitative estimate of drug-likeness (QED) is 0.893. The van der Waals surface area contributed by atoms with Gasteiger partial charge in [0.25, 0.3) is 0 Å². The normalized spacial score (nSPS) is 25.4. The van der Waals surface area contributed by atoms with Crippen molar-refractivity contribution in [3.05, 3.63) is 29.8 Å². The number of rotatable bonds is 4. The van der Waals surface area contributed by atoms with Crippen LogP contribution in [-0.4, -0.2) is 23.9 Å². The third kappa shape index (κ3) is 2.85. The topological polar surface area (TPSA) is 38.7 Å². The number of para-hydroxylation sites is 1. The molecule has 1 saturated heterocycles. The van der Waals surface area contributed by atoms with Crippen LogP contribution in [0, 0.1) is 5.92 Å². The molecule has 3 heteroatoms. The minimum atomic E-state index is -0.516. The number of aliphatic hydroxyl groups excluding tert-OH is 1. The van der Waals surface area contributed by atoms with Gasteiger partial charge >= 0.3 is 0 Å². The molecular weight excluding hydrogens is 228 g/mol. The molecule has 1 aliphatic rings. The Morgan fingerprint density at radius 2 is 2.06 bits per heavy atom. The van der Waals surface area contributed by atoms with Crippen LogP contribution < -0.4 is 4.74 Å². The van der Waals surface area contributed by atoms with Gasteiger partial charge in [-0.15, -0.1) is 0 Å². The molecule has 0 saturated carbocycles. The van der Waals surface area contributed by atoms with Crippen molar-refractivity contribution in [2.24, 2.45) is 5.92 Å². The zero-order valence-electron chi connectivity index (χ0n) is 11.3. The largest absolute Gasteiger partial charge is 0.491 e. The summed E-state index contributed by atoms with van der Waals surface area (Å²) < 4.78 is 11.3. The molecule has 0 spiro atoms. The second kappa shape index (κ2) is 5.72. The van der Waals surface area contributed by atoms with Gasteiger partial charge in [-0.3, -0.25) is 0 Å². The van der Waals surface area contributed by atoms with Crippen LogP contribution in [0.3, 0.4) is 0 Å². The lowest BCUT2D eigenvalue weighted by atomic mass is 9.90. The third-order valence-corrected chi connectivity index (χ3v) is 3.44. The van der Waals surface area contributed by atoms with Gasteiger partial charge in [-0.25, -0.2) is 0 Å². The molecule has 2 rings (SSSR count). The summed E-state index contributed by atoms with van der Waals surface area (Å²) in [6.07, 6.45) is 0.596. The first-order chi connectivity index (χ1) is 8.59. The zero-order valence-corrected chi connectivity index (χ0v) is 11.3. The Bertz CT molecular complexity index is 389. The van der Waals surface area contributed by atoms with Gasteiger partial charge in [0.2, 0.25) is 0 Å². The van der Waals surface area contributed by atoms with Crippen LogP contribution in [0.25, 0.3) is 0 Å². The van der Waals surface area contributed by atoms with Gasteiger partial charge in [0.05, 0.1) is 18.3 Å². The molecule has 0 amide bonds. The van der Waals surface area contributed by atoms with E-state index in [0.717, 1.165) is 24.3 Å². The molecule has 18 heavy (non-hydrogen) atoms. The second-order valence-corrected chi connectivity index (χ2v) is 5.18. The lowest BCUT2D eigenvalue weighted by molar-refractivity contribution is 0.0412. The predicted octanol–water partition coefficient (Wildman–Crippen LogP) is 2.93. The SMILES string of the molecule is CC(C)Oc1ccccc1C(O)C1CCOC1C. The Kier molecular flexibility index (Phi) is 4.25. The maximum Gasteiger partial charge on any atom is 0.125 e. The molecule has 100 valence electrons. The molecule has 1 aliphatic heterocycles. The maximum atomic E-state index is 10.5. The maximum absolute atomic E-state index is 10.5. The van der Waals surface area contributed by atoms with E-state index in [1.807, 2.05) is 45.0 Å². The van der Waals surface area contributed by atoms with E-state index < -0.39 is 6.10 Å². The standard InChI is InChI=1S/C15H22O3/c1-10(2)18-14-7-5-4-6-13(14)15(16)12-8-9-17-11(12)3/h4-7,10-12,15-16H,8-9H2,1-3H3. The summed E-state index contributed by atoms with van der Waals surface area (Å²) >= 11 is 0.